The SMILES string of the molecule is OC[C@@H]1C[C@@H](OCc2ccccc2)CN1c1ccc(Br)cc1. The molecule has 2 aromatic rings. The Labute approximate surface area is 139 Å². The largest absolute Gasteiger partial charge is 0.394 e. The van der Waals surface area contributed by atoms with E-state index in [1.54, 1.807) is 0 Å². The zero-order valence-electron chi connectivity index (χ0n) is 12.4. The average molecular weight is 362 g/mol. The number of ether oxygens (including phenoxy) is 1. The Kier molecular flexibility index (Phi) is 5.13. The van der Waals surface area contributed by atoms with Crippen LogP contribution in [0, 0.1) is 0 Å². The van der Waals surface area contributed by atoms with Crippen molar-refractivity contribution in [3.63, 3.8) is 0 Å². The molecule has 1 fully saturated rings. The summed E-state index contributed by atoms with van der Waals surface area (Å²) in [6.07, 6.45) is 1.01. The van der Waals surface area contributed by atoms with E-state index in [1.807, 2.05) is 30.3 Å². The van der Waals surface area contributed by atoms with Gasteiger partial charge in [0.2, 0.25) is 0 Å². The number of aliphatic hydroxyl groups is 1. The van der Waals surface area contributed by atoms with E-state index < -0.39 is 0 Å². The minimum Gasteiger partial charge on any atom is -0.394 e. The molecule has 1 heterocycles. The number of hydrogen-bond donors (Lipinski definition) is 1. The summed E-state index contributed by atoms with van der Waals surface area (Å²) in [5.74, 6) is 0. The van der Waals surface area contributed by atoms with Gasteiger partial charge >= 0.3 is 0 Å². The smallest absolute Gasteiger partial charge is 0.0775 e. The standard InChI is InChI=1S/C18H20BrNO2/c19-15-6-8-16(9-7-15)20-11-18(10-17(20)12-21)22-13-14-4-2-1-3-5-14/h1-9,17-18,21H,10-13H2/t17-,18+/m0/s1. The van der Waals surface area contributed by atoms with Crippen LogP contribution in [0.1, 0.15) is 12.0 Å². The number of nitrogens with zero attached hydrogens (tertiary/aromatic N) is 1. The minimum atomic E-state index is 0.127. The summed E-state index contributed by atoms with van der Waals surface area (Å²) >= 11 is 3.46. The van der Waals surface area contributed by atoms with E-state index in [9.17, 15) is 5.11 Å². The fraction of sp³-hybridized carbons (Fsp3) is 0.333. The lowest BCUT2D eigenvalue weighted by atomic mass is 10.2. The number of rotatable bonds is 5. The first-order valence-corrected chi connectivity index (χ1v) is 8.34. The van der Waals surface area contributed by atoms with Gasteiger partial charge in [0.25, 0.3) is 0 Å². The number of benzene rings is 2. The summed E-state index contributed by atoms with van der Waals surface area (Å²) in [4.78, 5) is 2.24. The van der Waals surface area contributed by atoms with Crippen LogP contribution in [0.25, 0.3) is 0 Å². The molecule has 3 nitrogen and oxygen atoms in total. The summed E-state index contributed by atoms with van der Waals surface area (Å²) in [5.41, 5.74) is 2.32. The van der Waals surface area contributed by atoms with Crippen molar-refractivity contribution in [3.8, 4) is 0 Å². The Hall–Kier alpha value is -1.36. The molecule has 1 aliphatic heterocycles. The van der Waals surface area contributed by atoms with E-state index in [0.29, 0.717) is 6.61 Å². The van der Waals surface area contributed by atoms with Crippen molar-refractivity contribution in [2.45, 2.75) is 25.2 Å². The van der Waals surface area contributed by atoms with Crippen LogP contribution >= 0.6 is 15.9 Å². The van der Waals surface area contributed by atoms with Crippen molar-refractivity contribution < 1.29 is 9.84 Å². The van der Waals surface area contributed by atoms with E-state index in [2.05, 4.69) is 45.1 Å². The Morgan fingerprint density at radius 2 is 1.82 bits per heavy atom. The van der Waals surface area contributed by atoms with Gasteiger partial charge < -0.3 is 14.7 Å². The van der Waals surface area contributed by atoms with Gasteiger partial charge in [0.05, 0.1) is 25.4 Å². The molecule has 0 amide bonds. The van der Waals surface area contributed by atoms with Gasteiger partial charge in [-0.3, -0.25) is 0 Å². The fourth-order valence-corrected chi connectivity index (χ4v) is 3.17. The third-order valence-electron chi connectivity index (χ3n) is 4.07. The minimum absolute atomic E-state index is 0.127. The molecule has 0 unspecified atom stereocenters. The maximum Gasteiger partial charge on any atom is 0.0775 e. The molecule has 1 saturated heterocycles. The van der Waals surface area contributed by atoms with Crippen LogP contribution in [-0.2, 0) is 11.3 Å². The first-order chi connectivity index (χ1) is 10.8. The highest BCUT2D eigenvalue weighted by Gasteiger charge is 2.32. The van der Waals surface area contributed by atoms with Gasteiger partial charge in [0, 0.05) is 16.7 Å². The molecule has 0 bridgehead atoms. The van der Waals surface area contributed by atoms with Gasteiger partial charge in [-0.15, -0.1) is 0 Å². The fourth-order valence-electron chi connectivity index (χ4n) is 2.90. The molecule has 2 atom stereocenters. The van der Waals surface area contributed by atoms with Crippen LogP contribution in [0.5, 0.6) is 0 Å². The molecule has 0 saturated carbocycles. The number of anilines is 1. The highest BCUT2D eigenvalue weighted by molar-refractivity contribution is 9.10. The van der Waals surface area contributed by atoms with Crippen molar-refractivity contribution in [3.05, 3.63) is 64.6 Å². The second-order valence-electron chi connectivity index (χ2n) is 5.62. The zero-order chi connectivity index (χ0) is 15.4. The molecule has 0 radical (unpaired) electrons. The summed E-state index contributed by atoms with van der Waals surface area (Å²) < 4.78 is 7.10. The van der Waals surface area contributed by atoms with Gasteiger partial charge in [-0.1, -0.05) is 46.3 Å². The Morgan fingerprint density at radius 3 is 2.50 bits per heavy atom. The monoisotopic (exact) mass is 361 g/mol. The van der Waals surface area contributed by atoms with E-state index in [1.165, 1.54) is 5.56 Å². The molecule has 1 aliphatic rings. The molecule has 3 rings (SSSR count). The summed E-state index contributed by atoms with van der Waals surface area (Å²) in [6.45, 7) is 1.60. The van der Waals surface area contributed by atoms with Crippen LogP contribution in [-0.4, -0.2) is 30.4 Å². The lowest BCUT2D eigenvalue weighted by Gasteiger charge is -2.25. The van der Waals surface area contributed by atoms with Crippen molar-refractivity contribution in [2.24, 2.45) is 0 Å². The van der Waals surface area contributed by atoms with Gasteiger partial charge in [-0.05, 0) is 36.2 Å². The Bertz CT molecular complexity index is 588. The molecule has 116 valence electrons. The molecule has 0 spiro atoms. The molecular weight excluding hydrogens is 342 g/mol. The lowest BCUT2D eigenvalue weighted by Crippen LogP contribution is -2.32. The number of aliphatic hydroxyl groups excluding tert-OH is 1. The highest BCUT2D eigenvalue weighted by Crippen LogP contribution is 2.28. The van der Waals surface area contributed by atoms with Gasteiger partial charge in [-0.25, -0.2) is 0 Å². The van der Waals surface area contributed by atoms with E-state index in [0.717, 1.165) is 23.1 Å². The highest BCUT2D eigenvalue weighted by atomic mass is 79.9. The predicted octanol–water partition coefficient (Wildman–Crippen LogP) is 3.61. The summed E-state index contributed by atoms with van der Waals surface area (Å²) in [5, 5.41) is 9.65. The predicted molar refractivity (Wildman–Crippen MR) is 92.0 cm³/mol. The maximum absolute atomic E-state index is 9.65. The average Bonchev–Trinajstić information content (AvgIpc) is 2.98. The number of hydrogen-bond acceptors (Lipinski definition) is 3. The summed E-state index contributed by atoms with van der Waals surface area (Å²) in [7, 11) is 0. The summed E-state index contributed by atoms with van der Waals surface area (Å²) in [6, 6.07) is 18.5. The van der Waals surface area contributed by atoms with Gasteiger partial charge in [-0.2, -0.15) is 0 Å². The van der Waals surface area contributed by atoms with E-state index in [4.69, 9.17) is 4.74 Å². The lowest BCUT2D eigenvalue weighted by molar-refractivity contribution is 0.0517. The van der Waals surface area contributed by atoms with E-state index in [-0.39, 0.29) is 18.8 Å². The van der Waals surface area contributed by atoms with E-state index >= 15 is 0 Å². The topological polar surface area (TPSA) is 32.7 Å². The van der Waals surface area contributed by atoms with Crippen LogP contribution in [0.3, 0.4) is 0 Å². The molecule has 2 aromatic carbocycles. The van der Waals surface area contributed by atoms with Crippen LogP contribution in [0.4, 0.5) is 5.69 Å². The molecule has 4 heteroatoms. The quantitative estimate of drug-likeness (QED) is 0.882. The van der Waals surface area contributed by atoms with Crippen LogP contribution < -0.4 is 4.90 Å². The second-order valence-corrected chi connectivity index (χ2v) is 6.54. The molecular formula is C18H20BrNO2. The maximum atomic E-state index is 9.65. The van der Waals surface area contributed by atoms with Crippen molar-refractivity contribution >= 4 is 21.6 Å². The second kappa shape index (κ2) is 7.27. The van der Waals surface area contributed by atoms with Crippen molar-refractivity contribution in [1.29, 1.82) is 0 Å². The molecule has 0 aliphatic carbocycles. The molecule has 0 aromatic heterocycles. The van der Waals surface area contributed by atoms with Crippen molar-refractivity contribution in [2.75, 3.05) is 18.1 Å². The van der Waals surface area contributed by atoms with Crippen LogP contribution in [0.15, 0.2) is 59.1 Å². The Balaban J connectivity index is 1.63. The van der Waals surface area contributed by atoms with Gasteiger partial charge in [0.1, 0.15) is 0 Å². The first-order valence-electron chi connectivity index (χ1n) is 7.55. The number of halogens is 1. The zero-order valence-corrected chi connectivity index (χ0v) is 13.9. The van der Waals surface area contributed by atoms with Crippen molar-refractivity contribution in [1.82, 2.24) is 0 Å². The molecule has 1 N–H and O–H groups in total. The van der Waals surface area contributed by atoms with Gasteiger partial charge in [0.15, 0.2) is 0 Å². The third-order valence-corrected chi connectivity index (χ3v) is 4.60. The molecule has 22 heavy (non-hydrogen) atoms. The first kappa shape index (κ1) is 15.5. The van der Waals surface area contributed by atoms with Crippen LogP contribution in [0.2, 0.25) is 0 Å². The normalized spacial score (nSPS) is 21.3. The third kappa shape index (κ3) is 3.69. The Morgan fingerprint density at radius 1 is 1.09 bits per heavy atom.